The summed E-state index contributed by atoms with van der Waals surface area (Å²) in [6.45, 7) is 0.641. The third-order valence-corrected chi connectivity index (χ3v) is 3.32. The molecule has 0 unspecified atom stereocenters. The van der Waals surface area contributed by atoms with Gasteiger partial charge in [0.15, 0.2) is 0 Å². The second kappa shape index (κ2) is 7.16. The van der Waals surface area contributed by atoms with Crippen LogP contribution in [-0.4, -0.2) is 21.0 Å². The van der Waals surface area contributed by atoms with Crippen LogP contribution in [0, 0.1) is 0 Å². The van der Waals surface area contributed by atoms with E-state index in [2.05, 4.69) is 20.6 Å². The van der Waals surface area contributed by atoms with Crippen molar-refractivity contribution in [1.82, 2.24) is 14.8 Å². The Bertz CT molecular complexity index is 839. The summed E-state index contributed by atoms with van der Waals surface area (Å²) in [5, 5.41) is 8.18. The van der Waals surface area contributed by atoms with Crippen LogP contribution in [0.2, 0.25) is 0 Å². The molecule has 128 valence electrons. The lowest BCUT2D eigenvalue weighted by atomic mass is 10.2. The summed E-state index contributed by atoms with van der Waals surface area (Å²) in [6.07, 6.45) is 1.35. The number of alkyl halides is 3. The van der Waals surface area contributed by atoms with Crippen molar-refractivity contribution >= 4 is 12.0 Å². The van der Waals surface area contributed by atoms with E-state index < -0.39 is 11.7 Å². The number of halogens is 3. The minimum Gasteiger partial charge on any atom is -0.268 e. The van der Waals surface area contributed by atoms with Crippen LogP contribution < -0.4 is 5.43 Å². The molecule has 3 rings (SSSR count). The molecule has 0 aliphatic rings. The van der Waals surface area contributed by atoms with Gasteiger partial charge in [-0.15, -0.1) is 0 Å². The SMILES string of the molecule is FC(F)(F)c1ccc(N/N=C\c2cnn(Cc3ccccc3)c2)nc1. The van der Waals surface area contributed by atoms with E-state index in [4.69, 9.17) is 0 Å². The highest BCUT2D eigenvalue weighted by molar-refractivity contribution is 5.79. The summed E-state index contributed by atoms with van der Waals surface area (Å²) in [4.78, 5) is 3.67. The summed E-state index contributed by atoms with van der Waals surface area (Å²) in [5.74, 6) is 0.223. The van der Waals surface area contributed by atoms with Gasteiger partial charge < -0.3 is 0 Å². The van der Waals surface area contributed by atoms with Crippen molar-refractivity contribution in [3.8, 4) is 0 Å². The Labute approximate surface area is 141 Å². The first kappa shape index (κ1) is 16.7. The van der Waals surface area contributed by atoms with Crippen LogP contribution in [0.25, 0.3) is 0 Å². The lowest BCUT2D eigenvalue weighted by molar-refractivity contribution is -0.137. The molecular weight excluding hydrogens is 331 g/mol. The average molecular weight is 345 g/mol. The van der Waals surface area contributed by atoms with Crippen LogP contribution in [-0.2, 0) is 12.7 Å². The topological polar surface area (TPSA) is 55.1 Å². The largest absolute Gasteiger partial charge is 0.417 e. The third kappa shape index (κ3) is 4.66. The van der Waals surface area contributed by atoms with Gasteiger partial charge in [0.2, 0.25) is 0 Å². The molecule has 0 aliphatic heterocycles. The van der Waals surface area contributed by atoms with E-state index in [1.165, 1.54) is 12.3 Å². The number of hydrogen-bond donors (Lipinski definition) is 1. The highest BCUT2D eigenvalue weighted by Gasteiger charge is 2.30. The van der Waals surface area contributed by atoms with E-state index in [-0.39, 0.29) is 5.82 Å². The highest BCUT2D eigenvalue weighted by Crippen LogP contribution is 2.28. The average Bonchev–Trinajstić information content (AvgIpc) is 3.03. The first-order chi connectivity index (χ1) is 12.0. The summed E-state index contributed by atoms with van der Waals surface area (Å²) in [5.41, 5.74) is 3.67. The summed E-state index contributed by atoms with van der Waals surface area (Å²) < 4.78 is 39.1. The molecule has 0 radical (unpaired) electrons. The number of benzene rings is 1. The zero-order valence-corrected chi connectivity index (χ0v) is 13.0. The molecule has 1 N–H and O–H groups in total. The van der Waals surface area contributed by atoms with Crippen molar-refractivity contribution in [3.05, 3.63) is 77.7 Å². The monoisotopic (exact) mass is 345 g/mol. The van der Waals surface area contributed by atoms with Crippen molar-refractivity contribution in [2.45, 2.75) is 12.7 Å². The van der Waals surface area contributed by atoms with Crippen molar-refractivity contribution in [2.75, 3.05) is 5.43 Å². The van der Waals surface area contributed by atoms with Crippen molar-refractivity contribution in [1.29, 1.82) is 0 Å². The third-order valence-electron chi connectivity index (χ3n) is 3.32. The van der Waals surface area contributed by atoms with Gasteiger partial charge in [-0.3, -0.25) is 10.1 Å². The molecule has 0 aliphatic carbocycles. The molecule has 1 aromatic carbocycles. The van der Waals surface area contributed by atoms with Gasteiger partial charge >= 0.3 is 6.18 Å². The number of anilines is 1. The highest BCUT2D eigenvalue weighted by atomic mass is 19.4. The van der Waals surface area contributed by atoms with Gasteiger partial charge in [0, 0.05) is 18.0 Å². The summed E-state index contributed by atoms with van der Waals surface area (Å²) >= 11 is 0. The molecule has 25 heavy (non-hydrogen) atoms. The minimum absolute atomic E-state index is 0.223. The number of hydrogen-bond acceptors (Lipinski definition) is 4. The van der Waals surface area contributed by atoms with Gasteiger partial charge in [0.1, 0.15) is 5.82 Å². The number of aromatic nitrogens is 3. The Kier molecular flexibility index (Phi) is 4.78. The van der Waals surface area contributed by atoms with Crippen molar-refractivity contribution in [3.63, 3.8) is 0 Å². The first-order valence-electron chi connectivity index (χ1n) is 7.39. The Hall–Kier alpha value is -3.16. The van der Waals surface area contributed by atoms with E-state index in [0.717, 1.165) is 23.4 Å². The number of nitrogens with one attached hydrogen (secondary N) is 1. The molecule has 0 atom stereocenters. The predicted molar refractivity (Wildman–Crippen MR) is 88.2 cm³/mol. The van der Waals surface area contributed by atoms with Gasteiger partial charge in [0.05, 0.1) is 24.5 Å². The van der Waals surface area contributed by atoms with E-state index in [1.54, 1.807) is 10.9 Å². The minimum atomic E-state index is -4.40. The smallest absolute Gasteiger partial charge is 0.268 e. The fraction of sp³-hybridized carbons (Fsp3) is 0.118. The Morgan fingerprint density at radius 3 is 2.56 bits per heavy atom. The van der Waals surface area contributed by atoms with Gasteiger partial charge in [-0.1, -0.05) is 30.3 Å². The lowest BCUT2D eigenvalue weighted by Gasteiger charge is -2.06. The molecule has 0 saturated carbocycles. The number of hydrazone groups is 1. The van der Waals surface area contributed by atoms with Gasteiger partial charge in [-0.2, -0.15) is 23.4 Å². The quantitative estimate of drug-likeness (QED) is 0.565. The molecule has 0 spiro atoms. The van der Waals surface area contributed by atoms with Crippen LogP contribution in [0.1, 0.15) is 16.7 Å². The zero-order chi connectivity index (χ0) is 17.7. The Balaban J connectivity index is 1.58. The second-order valence-electron chi connectivity index (χ2n) is 5.26. The molecule has 2 aromatic heterocycles. The zero-order valence-electron chi connectivity index (χ0n) is 13.0. The molecule has 0 fully saturated rings. The predicted octanol–water partition coefficient (Wildman–Crippen LogP) is 3.79. The fourth-order valence-corrected chi connectivity index (χ4v) is 2.10. The van der Waals surface area contributed by atoms with Crippen LogP contribution in [0.5, 0.6) is 0 Å². The van der Waals surface area contributed by atoms with Crippen LogP contribution in [0.15, 0.2) is 66.2 Å². The van der Waals surface area contributed by atoms with E-state index in [0.29, 0.717) is 6.54 Å². The Morgan fingerprint density at radius 2 is 1.88 bits per heavy atom. The Morgan fingerprint density at radius 1 is 1.08 bits per heavy atom. The fourth-order valence-electron chi connectivity index (χ4n) is 2.10. The molecule has 5 nitrogen and oxygen atoms in total. The molecule has 8 heteroatoms. The van der Waals surface area contributed by atoms with Crippen molar-refractivity contribution < 1.29 is 13.2 Å². The van der Waals surface area contributed by atoms with E-state index in [9.17, 15) is 13.2 Å². The maximum absolute atomic E-state index is 12.5. The van der Waals surface area contributed by atoms with Crippen LogP contribution in [0.4, 0.5) is 19.0 Å². The van der Waals surface area contributed by atoms with Crippen molar-refractivity contribution in [2.24, 2.45) is 5.10 Å². The molecule has 0 bridgehead atoms. The molecule has 0 saturated heterocycles. The maximum atomic E-state index is 12.5. The molecule has 3 aromatic rings. The normalized spacial score (nSPS) is 11.8. The lowest BCUT2D eigenvalue weighted by Crippen LogP contribution is -2.05. The summed E-state index contributed by atoms with van der Waals surface area (Å²) in [7, 11) is 0. The van der Waals surface area contributed by atoms with Gasteiger partial charge in [0.25, 0.3) is 0 Å². The van der Waals surface area contributed by atoms with Crippen LogP contribution >= 0.6 is 0 Å². The summed E-state index contributed by atoms with van der Waals surface area (Å²) in [6, 6.07) is 12.1. The first-order valence-corrected chi connectivity index (χ1v) is 7.39. The number of nitrogens with zero attached hydrogens (tertiary/aromatic N) is 4. The molecular formula is C17H14F3N5. The maximum Gasteiger partial charge on any atom is 0.417 e. The van der Waals surface area contributed by atoms with Crippen LogP contribution in [0.3, 0.4) is 0 Å². The standard InChI is InChI=1S/C17H14F3N5/c18-17(19,20)15-6-7-16(21-10-15)24-22-8-14-9-23-25(12-14)11-13-4-2-1-3-5-13/h1-10,12H,11H2,(H,21,24)/b22-8-. The van der Waals surface area contributed by atoms with E-state index in [1.807, 2.05) is 36.5 Å². The van der Waals surface area contributed by atoms with Gasteiger partial charge in [-0.05, 0) is 17.7 Å². The molecule has 0 amide bonds. The van der Waals surface area contributed by atoms with E-state index >= 15 is 0 Å². The number of pyridine rings is 1. The number of rotatable bonds is 5. The second-order valence-corrected chi connectivity index (χ2v) is 5.26. The molecule has 2 heterocycles. The van der Waals surface area contributed by atoms with Gasteiger partial charge in [-0.25, -0.2) is 4.98 Å².